The second kappa shape index (κ2) is 2.76. The molecule has 0 fully saturated rings. The van der Waals surface area contributed by atoms with Crippen LogP contribution >= 0.6 is 0 Å². The summed E-state index contributed by atoms with van der Waals surface area (Å²) >= 11 is 0. The van der Waals surface area contributed by atoms with Crippen LogP contribution in [0.1, 0.15) is 0 Å². The van der Waals surface area contributed by atoms with Gasteiger partial charge < -0.3 is 0 Å². The van der Waals surface area contributed by atoms with Gasteiger partial charge >= 0.3 is 0 Å². The first-order valence-electron chi connectivity index (χ1n) is 2.40. The van der Waals surface area contributed by atoms with Crippen LogP contribution in [0.15, 0.2) is 12.4 Å². The average molecular weight is 144 g/mol. The quantitative estimate of drug-likeness (QED) is 0.419. The first-order valence-corrected chi connectivity index (χ1v) is 2.40. The topological polar surface area (TPSA) is 83.1 Å². The zero-order valence-electron chi connectivity index (χ0n) is 4.88. The Balaban J connectivity index is 2.35. The van der Waals surface area contributed by atoms with Crippen LogP contribution in [0.2, 0.25) is 0 Å². The molecule has 0 spiro atoms. The van der Waals surface area contributed by atoms with Crippen LogP contribution in [0.5, 0.6) is 0 Å². The Morgan fingerprint density at radius 1 is 1.80 bits per heavy atom. The lowest BCUT2D eigenvalue weighted by Gasteiger charge is -1.94. The second-order valence-corrected chi connectivity index (χ2v) is 1.42. The fraction of sp³-hybridized carbons (Fsp3) is 0.333. The summed E-state index contributed by atoms with van der Waals surface area (Å²) in [6, 6.07) is 0. The minimum absolute atomic E-state index is 0.215. The van der Waals surface area contributed by atoms with Crippen molar-refractivity contribution < 1.29 is 9.92 Å². The first kappa shape index (κ1) is 6.46. The molecule has 0 aliphatic carbocycles. The Kier molecular flexibility index (Phi) is 1.78. The molecule has 0 aliphatic rings. The highest BCUT2D eigenvalue weighted by Crippen LogP contribution is 1.82. The molecular formula is C3H4N4O3. The second-order valence-electron chi connectivity index (χ2n) is 1.42. The molecule has 1 aromatic heterocycles. The van der Waals surface area contributed by atoms with E-state index in [-0.39, 0.29) is 6.73 Å². The van der Waals surface area contributed by atoms with Crippen molar-refractivity contribution in [2.75, 3.05) is 0 Å². The van der Waals surface area contributed by atoms with Gasteiger partial charge in [0.2, 0.25) is 0 Å². The van der Waals surface area contributed by atoms with E-state index in [1.165, 1.54) is 17.1 Å². The minimum atomic E-state index is -0.887. The number of hydrogen-bond donors (Lipinski definition) is 0. The summed E-state index contributed by atoms with van der Waals surface area (Å²) in [6.07, 6.45) is 2.87. The Bertz CT molecular complexity index is 208. The Morgan fingerprint density at radius 2 is 2.60 bits per heavy atom. The highest BCUT2D eigenvalue weighted by atomic mass is 17.0. The van der Waals surface area contributed by atoms with Gasteiger partial charge in [-0.1, -0.05) is 5.21 Å². The molecule has 0 saturated carbocycles. The molecule has 0 aliphatic heterocycles. The van der Waals surface area contributed by atoms with E-state index >= 15 is 0 Å². The molecule has 7 nitrogen and oxygen atoms in total. The van der Waals surface area contributed by atoms with Crippen molar-refractivity contribution in [3.63, 3.8) is 0 Å². The van der Waals surface area contributed by atoms with E-state index in [0.29, 0.717) is 0 Å². The summed E-state index contributed by atoms with van der Waals surface area (Å²) in [4.78, 5) is 13.6. The van der Waals surface area contributed by atoms with Crippen molar-refractivity contribution in [2.24, 2.45) is 0 Å². The van der Waals surface area contributed by atoms with Crippen molar-refractivity contribution in [1.82, 2.24) is 15.0 Å². The molecule has 54 valence electrons. The largest absolute Gasteiger partial charge is 0.296 e. The molecule has 1 aromatic rings. The van der Waals surface area contributed by atoms with Crippen molar-refractivity contribution in [1.29, 1.82) is 0 Å². The third-order valence-corrected chi connectivity index (χ3v) is 0.767. The zero-order chi connectivity index (χ0) is 7.40. The third kappa shape index (κ3) is 1.69. The maximum atomic E-state index is 9.62. The van der Waals surface area contributed by atoms with Crippen LogP contribution in [0.25, 0.3) is 0 Å². The normalized spacial score (nSPS) is 9.20. The molecule has 0 unspecified atom stereocenters. The van der Waals surface area contributed by atoms with Crippen LogP contribution in [0, 0.1) is 10.1 Å². The van der Waals surface area contributed by atoms with E-state index in [0.717, 1.165) is 0 Å². The molecule has 10 heavy (non-hydrogen) atoms. The monoisotopic (exact) mass is 144 g/mol. The smallest absolute Gasteiger partial charge is 0.290 e. The van der Waals surface area contributed by atoms with Crippen LogP contribution in [0.3, 0.4) is 0 Å². The standard InChI is InChI=1S/C3H4N4O3/c8-7(9)10-3-6-2-1-4-5-6/h1-2H,3H2. The average Bonchev–Trinajstić information content (AvgIpc) is 2.34. The first-order chi connectivity index (χ1) is 4.79. The Hall–Kier alpha value is -1.66. The van der Waals surface area contributed by atoms with Gasteiger partial charge in [-0.05, 0) is 0 Å². The molecule has 0 N–H and O–H groups in total. The van der Waals surface area contributed by atoms with E-state index in [1.54, 1.807) is 0 Å². The maximum absolute atomic E-state index is 9.62. The molecule has 0 saturated heterocycles. The predicted molar refractivity (Wildman–Crippen MR) is 28.1 cm³/mol. The summed E-state index contributed by atoms with van der Waals surface area (Å²) in [7, 11) is 0. The van der Waals surface area contributed by atoms with Crippen molar-refractivity contribution in [3.8, 4) is 0 Å². The Labute approximate surface area is 55.3 Å². The molecule has 0 radical (unpaired) electrons. The summed E-state index contributed by atoms with van der Waals surface area (Å²) in [5.74, 6) is 0. The van der Waals surface area contributed by atoms with Gasteiger partial charge in [-0.25, -0.2) is 4.68 Å². The molecule has 0 atom stereocenters. The fourth-order valence-electron chi connectivity index (χ4n) is 0.408. The summed E-state index contributed by atoms with van der Waals surface area (Å²) < 4.78 is 1.20. The highest BCUT2D eigenvalue weighted by Gasteiger charge is 1.94. The van der Waals surface area contributed by atoms with Crippen LogP contribution in [-0.2, 0) is 11.6 Å². The molecular weight excluding hydrogens is 140 g/mol. The number of hydrogen-bond acceptors (Lipinski definition) is 5. The lowest BCUT2D eigenvalue weighted by Crippen LogP contribution is -2.07. The Morgan fingerprint density at radius 3 is 3.10 bits per heavy atom. The van der Waals surface area contributed by atoms with Crippen LogP contribution in [-0.4, -0.2) is 20.1 Å². The van der Waals surface area contributed by atoms with E-state index < -0.39 is 5.09 Å². The molecule has 0 bridgehead atoms. The van der Waals surface area contributed by atoms with Gasteiger partial charge in [0, 0.05) is 6.20 Å². The van der Waals surface area contributed by atoms with Crippen molar-refractivity contribution in [2.45, 2.75) is 6.73 Å². The van der Waals surface area contributed by atoms with Crippen molar-refractivity contribution in [3.05, 3.63) is 22.5 Å². The summed E-state index contributed by atoms with van der Waals surface area (Å²) in [6.45, 7) is -0.215. The molecule has 0 amide bonds. The van der Waals surface area contributed by atoms with E-state index in [9.17, 15) is 10.1 Å². The van der Waals surface area contributed by atoms with Crippen LogP contribution < -0.4 is 0 Å². The summed E-state index contributed by atoms with van der Waals surface area (Å²) in [5, 5.41) is 15.6. The zero-order valence-corrected chi connectivity index (χ0v) is 4.88. The molecule has 0 aromatic carbocycles. The predicted octanol–water partition coefficient (Wildman–Crippen LogP) is -0.556. The number of rotatable bonds is 3. The van der Waals surface area contributed by atoms with Crippen molar-refractivity contribution >= 4 is 0 Å². The fourth-order valence-corrected chi connectivity index (χ4v) is 0.408. The van der Waals surface area contributed by atoms with Crippen LogP contribution in [0.4, 0.5) is 0 Å². The SMILES string of the molecule is O=[N+]([O-])OCn1ccnn1. The molecule has 1 heterocycles. The number of nitrogens with zero attached hydrogens (tertiary/aromatic N) is 4. The number of aromatic nitrogens is 3. The van der Waals surface area contributed by atoms with Gasteiger partial charge in [-0.2, -0.15) is 0 Å². The lowest BCUT2D eigenvalue weighted by molar-refractivity contribution is -0.767. The van der Waals surface area contributed by atoms with Gasteiger partial charge in [0.25, 0.3) is 5.09 Å². The summed E-state index contributed by atoms with van der Waals surface area (Å²) in [5.41, 5.74) is 0. The highest BCUT2D eigenvalue weighted by molar-refractivity contribution is 4.61. The maximum Gasteiger partial charge on any atom is 0.296 e. The van der Waals surface area contributed by atoms with Gasteiger partial charge in [-0.15, -0.1) is 15.2 Å². The molecule has 7 heteroatoms. The van der Waals surface area contributed by atoms with Gasteiger partial charge in [0.05, 0.1) is 6.20 Å². The van der Waals surface area contributed by atoms with Gasteiger partial charge in [0.1, 0.15) is 0 Å². The lowest BCUT2D eigenvalue weighted by atomic mass is 10.9. The van der Waals surface area contributed by atoms with E-state index in [2.05, 4.69) is 15.1 Å². The molecule has 1 rings (SSSR count). The minimum Gasteiger partial charge on any atom is -0.290 e. The van der Waals surface area contributed by atoms with E-state index in [4.69, 9.17) is 0 Å². The van der Waals surface area contributed by atoms with Gasteiger partial charge in [-0.3, -0.25) is 4.84 Å². The van der Waals surface area contributed by atoms with Gasteiger partial charge in [0.15, 0.2) is 6.73 Å². The third-order valence-electron chi connectivity index (χ3n) is 0.767. The van der Waals surface area contributed by atoms with E-state index in [1.807, 2.05) is 0 Å².